The first-order valence-electron chi connectivity index (χ1n) is 8.51. The van der Waals surface area contributed by atoms with Crippen LogP contribution in [0.25, 0.3) is 0 Å². The molecule has 0 aromatic heterocycles. The maximum Gasteiger partial charge on any atom is 0.225 e. The van der Waals surface area contributed by atoms with Crippen molar-refractivity contribution in [3.63, 3.8) is 0 Å². The number of carbonyl (C=O) groups excluding carboxylic acids is 2. The van der Waals surface area contributed by atoms with Gasteiger partial charge in [-0.3, -0.25) is 9.59 Å². The summed E-state index contributed by atoms with van der Waals surface area (Å²) in [5.74, 6) is -1.03. The van der Waals surface area contributed by atoms with Crippen molar-refractivity contribution in [2.24, 2.45) is 5.92 Å². The van der Waals surface area contributed by atoms with E-state index in [1.165, 1.54) is 12.1 Å². The third kappa shape index (κ3) is 4.05. The molecule has 1 aliphatic rings. The largest absolute Gasteiger partial charge is 0.352 e. The van der Waals surface area contributed by atoms with Crippen LogP contribution in [0.1, 0.15) is 30.5 Å². The van der Waals surface area contributed by atoms with Crippen molar-refractivity contribution in [3.8, 4) is 0 Å². The summed E-state index contributed by atoms with van der Waals surface area (Å²) in [5, 5.41) is 3.07. The Labute approximate surface area is 157 Å². The van der Waals surface area contributed by atoms with Gasteiger partial charge in [0.2, 0.25) is 11.8 Å². The van der Waals surface area contributed by atoms with Crippen LogP contribution in [0.5, 0.6) is 0 Å². The predicted molar refractivity (Wildman–Crippen MR) is 97.9 cm³/mol. The minimum Gasteiger partial charge on any atom is -0.352 e. The number of nitrogens with one attached hydrogen (secondary N) is 1. The highest BCUT2D eigenvalue weighted by Crippen LogP contribution is 2.28. The van der Waals surface area contributed by atoms with E-state index in [0.29, 0.717) is 12.1 Å². The van der Waals surface area contributed by atoms with Gasteiger partial charge in [-0.25, -0.2) is 4.39 Å². The number of halogens is 2. The Hall–Kier alpha value is -2.40. The van der Waals surface area contributed by atoms with Crippen molar-refractivity contribution in [1.82, 2.24) is 10.2 Å². The van der Waals surface area contributed by atoms with Gasteiger partial charge in [0.1, 0.15) is 5.82 Å². The van der Waals surface area contributed by atoms with E-state index in [-0.39, 0.29) is 35.8 Å². The van der Waals surface area contributed by atoms with Crippen molar-refractivity contribution >= 4 is 23.4 Å². The number of rotatable bonds is 5. The summed E-state index contributed by atoms with van der Waals surface area (Å²) < 4.78 is 13.1. The number of hydrogen-bond donors (Lipinski definition) is 1. The number of hydrogen-bond acceptors (Lipinski definition) is 2. The van der Waals surface area contributed by atoms with E-state index in [2.05, 4.69) is 5.32 Å². The Morgan fingerprint density at radius 3 is 2.73 bits per heavy atom. The molecule has 0 radical (unpaired) electrons. The van der Waals surface area contributed by atoms with Gasteiger partial charge in [0.15, 0.2) is 0 Å². The van der Waals surface area contributed by atoms with E-state index in [1.807, 2.05) is 37.3 Å². The SMILES string of the molecule is C[C@H](c1ccccc1)N1CC(C(=O)NCc2ccc(F)cc2Cl)CC1=O. The third-order valence-corrected chi connectivity index (χ3v) is 5.10. The monoisotopic (exact) mass is 374 g/mol. The second-order valence-electron chi connectivity index (χ2n) is 6.49. The van der Waals surface area contributed by atoms with Gasteiger partial charge in [0, 0.05) is 24.5 Å². The van der Waals surface area contributed by atoms with Gasteiger partial charge >= 0.3 is 0 Å². The molecule has 1 N–H and O–H groups in total. The summed E-state index contributed by atoms with van der Waals surface area (Å²) in [7, 11) is 0. The Morgan fingerprint density at radius 2 is 2.04 bits per heavy atom. The van der Waals surface area contributed by atoms with Crippen LogP contribution in [0.2, 0.25) is 5.02 Å². The van der Waals surface area contributed by atoms with Crippen LogP contribution in [0.15, 0.2) is 48.5 Å². The van der Waals surface area contributed by atoms with Crippen LogP contribution in [0.3, 0.4) is 0 Å². The molecule has 26 heavy (non-hydrogen) atoms. The van der Waals surface area contributed by atoms with Gasteiger partial charge in [-0.1, -0.05) is 48.0 Å². The minimum absolute atomic E-state index is 0.0266. The molecule has 3 rings (SSSR count). The van der Waals surface area contributed by atoms with E-state index in [4.69, 9.17) is 11.6 Å². The van der Waals surface area contributed by atoms with Crippen molar-refractivity contribution < 1.29 is 14.0 Å². The Kier molecular flexibility index (Phi) is 5.57. The lowest BCUT2D eigenvalue weighted by Gasteiger charge is -2.25. The maximum absolute atomic E-state index is 13.1. The first-order chi connectivity index (χ1) is 12.5. The van der Waals surface area contributed by atoms with Crippen molar-refractivity contribution in [2.45, 2.75) is 25.9 Å². The Balaban J connectivity index is 1.60. The van der Waals surface area contributed by atoms with Gasteiger partial charge in [-0.15, -0.1) is 0 Å². The zero-order chi connectivity index (χ0) is 18.7. The first kappa shape index (κ1) is 18.4. The molecule has 136 valence electrons. The lowest BCUT2D eigenvalue weighted by molar-refractivity contribution is -0.130. The maximum atomic E-state index is 13.1. The zero-order valence-corrected chi connectivity index (χ0v) is 15.2. The van der Waals surface area contributed by atoms with Gasteiger partial charge in [-0.2, -0.15) is 0 Å². The highest BCUT2D eigenvalue weighted by Gasteiger charge is 2.36. The molecule has 1 aliphatic heterocycles. The smallest absolute Gasteiger partial charge is 0.225 e. The second kappa shape index (κ2) is 7.87. The number of carbonyl (C=O) groups is 2. The predicted octanol–water partition coefficient (Wildman–Crippen LogP) is 3.71. The molecule has 2 atom stereocenters. The highest BCUT2D eigenvalue weighted by atomic mass is 35.5. The molecule has 2 amide bonds. The summed E-state index contributed by atoms with van der Waals surface area (Å²) in [6, 6.07) is 13.7. The number of likely N-dealkylation sites (tertiary alicyclic amines) is 1. The summed E-state index contributed by atoms with van der Waals surface area (Å²) in [5.41, 5.74) is 1.68. The molecule has 2 aromatic carbocycles. The normalized spacial score (nSPS) is 18.0. The van der Waals surface area contributed by atoms with Gasteiger partial charge in [0.25, 0.3) is 0 Å². The third-order valence-electron chi connectivity index (χ3n) is 4.75. The van der Waals surface area contributed by atoms with Gasteiger partial charge in [0.05, 0.1) is 12.0 Å². The molecule has 1 unspecified atom stereocenters. The van der Waals surface area contributed by atoms with Crippen LogP contribution in [-0.2, 0) is 16.1 Å². The molecule has 1 fully saturated rings. The number of benzene rings is 2. The molecule has 4 nitrogen and oxygen atoms in total. The fourth-order valence-electron chi connectivity index (χ4n) is 3.18. The van der Waals surface area contributed by atoms with Crippen LogP contribution in [0, 0.1) is 11.7 Å². The van der Waals surface area contributed by atoms with Crippen LogP contribution in [0.4, 0.5) is 4.39 Å². The summed E-state index contributed by atoms with van der Waals surface area (Å²) in [4.78, 5) is 26.5. The molecule has 2 aromatic rings. The molecular formula is C20H20ClFN2O2. The average molecular weight is 375 g/mol. The minimum atomic E-state index is -0.419. The van der Waals surface area contributed by atoms with Gasteiger partial charge in [-0.05, 0) is 30.2 Å². The van der Waals surface area contributed by atoms with E-state index in [0.717, 1.165) is 5.56 Å². The fourth-order valence-corrected chi connectivity index (χ4v) is 3.42. The zero-order valence-electron chi connectivity index (χ0n) is 14.4. The van der Waals surface area contributed by atoms with Crippen molar-refractivity contribution in [3.05, 3.63) is 70.5 Å². The Morgan fingerprint density at radius 1 is 1.31 bits per heavy atom. The van der Waals surface area contributed by atoms with E-state index in [9.17, 15) is 14.0 Å². The molecule has 0 saturated carbocycles. The molecule has 0 aliphatic carbocycles. The van der Waals surface area contributed by atoms with Crippen LogP contribution >= 0.6 is 11.6 Å². The summed E-state index contributed by atoms with van der Waals surface area (Å²) in [6.45, 7) is 2.56. The molecule has 0 spiro atoms. The molecule has 0 bridgehead atoms. The van der Waals surface area contributed by atoms with Crippen LogP contribution < -0.4 is 5.32 Å². The molecule has 1 heterocycles. The van der Waals surface area contributed by atoms with E-state index < -0.39 is 11.7 Å². The Bertz CT molecular complexity index is 813. The lowest BCUT2D eigenvalue weighted by Crippen LogP contribution is -2.33. The average Bonchev–Trinajstić information content (AvgIpc) is 3.02. The summed E-state index contributed by atoms with van der Waals surface area (Å²) >= 11 is 5.97. The number of nitrogens with zero attached hydrogens (tertiary/aromatic N) is 1. The topological polar surface area (TPSA) is 49.4 Å². The molecule has 1 saturated heterocycles. The van der Waals surface area contributed by atoms with Gasteiger partial charge < -0.3 is 10.2 Å². The molecule has 6 heteroatoms. The summed E-state index contributed by atoms with van der Waals surface area (Å²) in [6.07, 6.45) is 0.195. The fraction of sp³-hybridized carbons (Fsp3) is 0.300. The van der Waals surface area contributed by atoms with Crippen molar-refractivity contribution in [2.75, 3.05) is 6.54 Å². The standard InChI is InChI=1S/C20H20ClFN2O2/c1-13(14-5-3-2-4-6-14)24-12-16(9-19(24)25)20(26)23-11-15-7-8-17(22)10-18(15)21/h2-8,10,13,16H,9,11-12H2,1H3,(H,23,26)/t13-,16?/m1/s1. The van der Waals surface area contributed by atoms with E-state index >= 15 is 0 Å². The highest BCUT2D eigenvalue weighted by molar-refractivity contribution is 6.31. The molecular weight excluding hydrogens is 355 g/mol. The quantitative estimate of drug-likeness (QED) is 0.867. The van der Waals surface area contributed by atoms with E-state index in [1.54, 1.807) is 11.0 Å². The lowest BCUT2D eigenvalue weighted by atomic mass is 10.1. The number of amides is 2. The first-order valence-corrected chi connectivity index (χ1v) is 8.89. The van der Waals surface area contributed by atoms with Crippen molar-refractivity contribution in [1.29, 1.82) is 0 Å². The van der Waals surface area contributed by atoms with Crippen LogP contribution in [-0.4, -0.2) is 23.3 Å². The second-order valence-corrected chi connectivity index (χ2v) is 6.89.